The number of aryl methyl sites for hydroxylation is 1. The lowest BCUT2D eigenvalue weighted by atomic mass is 9.95. The summed E-state index contributed by atoms with van der Waals surface area (Å²) in [6.07, 6.45) is 0.858. The van der Waals surface area contributed by atoms with Crippen LogP contribution in [0, 0.1) is 0 Å². The Morgan fingerprint density at radius 1 is 1.37 bits per heavy atom. The highest BCUT2D eigenvalue weighted by atomic mass is 16.5. The van der Waals surface area contributed by atoms with Gasteiger partial charge in [-0.2, -0.15) is 0 Å². The Balaban J connectivity index is 2.51. The van der Waals surface area contributed by atoms with Gasteiger partial charge in [-0.05, 0) is 29.5 Å². The van der Waals surface area contributed by atoms with Crippen molar-refractivity contribution >= 4 is 5.97 Å². The summed E-state index contributed by atoms with van der Waals surface area (Å²) in [5.74, 6) is -0.156. The molecule has 1 aromatic carbocycles. The average molecular weight is 259 g/mol. The van der Waals surface area contributed by atoms with E-state index in [1.54, 1.807) is 0 Å². The number of carboxylic acid groups (broad SMARTS) is 1. The first-order chi connectivity index (χ1) is 9.02. The summed E-state index contributed by atoms with van der Waals surface area (Å²) >= 11 is 0. The quantitative estimate of drug-likeness (QED) is 0.908. The molecule has 0 fully saturated rings. The van der Waals surface area contributed by atoms with Gasteiger partial charge in [0, 0.05) is 11.6 Å². The Hall–Kier alpha value is -2.10. The van der Waals surface area contributed by atoms with E-state index in [1.807, 2.05) is 0 Å². The summed E-state index contributed by atoms with van der Waals surface area (Å²) < 4.78 is 5.16. The topological polar surface area (TPSA) is 63.3 Å². The summed E-state index contributed by atoms with van der Waals surface area (Å²) in [6.45, 7) is 6.30. The second kappa shape index (κ2) is 5.26. The molecule has 1 heterocycles. The molecule has 19 heavy (non-hydrogen) atoms. The summed E-state index contributed by atoms with van der Waals surface area (Å²) in [6, 6.07) is 7.69. The van der Waals surface area contributed by atoms with Gasteiger partial charge in [0.2, 0.25) is 0 Å². The molecule has 0 atom stereocenters. The highest BCUT2D eigenvalue weighted by molar-refractivity contribution is 5.86. The summed E-state index contributed by atoms with van der Waals surface area (Å²) in [5, 5.41) is 12.5. The molecule has 0 aliphatic heterocycles. The molecule has 0 aliphatic carbocycles. The molecule has 0 saturated carbocycles. The Kier molecular flexibility index (Phi) is 3.69. The van der Waals surface area contributed by atoms with Crippen molar-refractivity contribution in [2.45, 2.75) is 33.1 Å². The lowest BCUT2D eigenvalue weighted by Crippen LogP contribution is -1.95. The third kappa shape index (κ3) is 2.67. The van der Waals surface area contributed by atoms with Crippen LogP contribution in [-0.4, -0.2) is 16.2 Å². The van der Waals surface area contributed by atoms with Crippen molar-refractivity contribution in [2.75, 3.05) is 0 Å². The molecule has 0 radical (unpaired) electrons. The number of nitrogens with zero attached hydrogens (tertiary/aromatic N) is 1. The first-order valence-corrected chi connectivity index (χ1v) is 6.36. The molecule has 2 aromatic rings. The highest BCUT2D eigenvalue weighted by Crippen LogP contribution is 2.28. The van der Waals surface area contributed by atoms with Gasteiger partial charge in [0.25, 0.3) is 0 Å². The third-order valence-electron chi connectivity index (χ3n) is 3.18. The van der Waals surface area contributed by atoms with Crippen molar-refractivity contribution < 1.29 is 14.4 Å². The number of carboxylic acids is 1. The monoisotopic (exact) mass is 259 g/mol. The fraction of sp³-hybridized carbons (Fsp3) is 0.333. The summed E-state index contributed by atoms with van der Waals surface area (Å²) in [7, 11) is 0. The maximum Gasteiger partial charge on any atom is 0.358 e. The van der Waals surface area contributed by atoms with E-state index in [4.69, 9.17) is 9.63 Å². The van der Waals surface area contributed by atoms with Crippen LogP contribution >= 0.6 is 0 Å². The van der Waals surface area contributed by atoms with Gasteiger partial charge in [0.05, 0.1) is 0 Å². The standard InChI is InChI=1S/C15H17NO3/c1-4-10-5-6-11(9(2)3)7-12(10)14-8-13(15(17)18)16-19-14/h5-9H,4H2,1-3H3,(H,17,18). The first kappa shape index (κ1) is 13.3. The van der Waals surface area contributed by atoms with E-state index < -0.39 is 5.97 Å². The number of aromatic nitrogens is 1. The fourth-order valence-corrected chi connectivity index (χ4v) is 1.99. The van der Waals surface area contributed by atoms with Crippen LogP contribution in [-0.2, 0) is 6.42 Å². The minimum absolute atomic E-state index is 0.0630. The first-order valence-electron chi connectivity index (χ1n) is 6.36. The van der Waals surface area contributed by atoms with Crippen LogP contribution in [0.5, 0.6) is 0 Å². The van der Waals surface area contributed by atoms with Gasteiger partial charge in [0.1, 0.15) is 0 Å². The van der Waals surface area contributed by atoms with Crippen LogP contribution in [0.1, 0.15) is 48.3 Å². The van der Waals surface area contributed by atoms with E-state index in [2.05, 4.69) is 44.1 Å². The number of aromatic carboxylic acids is 1. The molecule has 0 saturated heterocycles. The molecule has 0 bridgehead atoms. The van der Waals surface area contributed by atoms with E-state index in [0.717, 1.165) is 17.5 Å². The molecule has 4 heteroatoms. The van der Waals surface area contributed by atoms with Gasteiger partial charge in [-0.3, -0.25) is 0 Å². The smallest absolute Gasteiger partial charge is 0.358 e. The lowest BCUT2D eigenvalue weighted by molar-refractivity contribution is 0.0686. The Labute approximate surface area is 112 Å². The maximum atomic E-state index is 10.9. The molecule has 0 unspecified atom stereocenters. The van der Waals surface area contributed by atoms with Crippen LogP contribution in [0.4, 0.5) is 0 Å². The highest BCUT2D eigenvalue weighted by Gasteiger charge is 2.15. The Bertz CT molecular complexity index is 599. The van der Waals surface area contributed by atoms with E-state index in [-0.39, 0.29) is 5.69 Å². The van der Waals surface area contributed by atoms with Crippen LogP contribution in [0.2, 0.25) is 0 Å². The minimum Gasteiger partial charge on any atom is -0.476 e. The second-order valence-corrected chi connectivity index (χ2v) is 4.81. The van der Waals surface area contributed by atoms with Crippen molar-refractivity contribution in [3.8, 4) is 11.3 Å². The minimum atomic E-state index is -1.08. The predicted molar refractivity (Wildman–Crippen MR) is 72.4 cm³/mol. The zero-order chi connectivity index (χ0) is 14.0. The number of hydrogen-bond acceptors (Lipinski definition) is 3. The second-order valence-electron chi connectivity index (χ2n) is 4.81. The summed E-state index contributed by atoms with van der Waals surface area (Å²) in [4.78, 5) is 10.9. The van der Waals surface area contributed by atoms with Crippen molar-refractivity contribution in [2.24, 2.45) is 0 Å². The Morgan fingerprint density at radius 2 is 2.11 bits per heavy atom. The van der Waals surface area contributed by atoms with Gasteiger partial charge >= 0.3 is 5.97 Å². The van der Waals surface area contributed by atoms with Gasteiger partial charge in [-0.1, -0.05) is 38.1 Å². The largest absolute Gasteiger partial charge is 0.476 e. The summed E-state index contributed by atoms with van der Waals surface area (Å²) in [5.41, 5.74) is 3.18. The fourth-order valence-electron chi connectivity index (χ4n) is 1.99. The SMILES string of the molecule is CCc1ccc(C(C)C)cc1-c1cc(C(=O)O)no1. The van der Waals surface area contributed by atoms with Crippen LogP contribution in [0.25, 0.3) is 11.3 Å². The van der Waals surface area contributed by atoms with Crippen molar-refractivity contribution in [1.82, 2.24) is 5.16 Å². The number of hydrogen-bond donors (Lipinski definition) is 1. The number of benzene rings is 1. The van der Waals surface area contributed by atoms with Crippen LogP contribution in [0.15, 0.2) is 28.8 Å². The normalized spacial score (nSPS) is 10.9. The van der Waals surface area contributed by atoms with Crippen molar-refractivity contribution in [1.29, 1.82) is 0 Å². The molecule has 0 aliphatic rings. The van der Waals surface area contributed by atoms with E-state index >= 15 is 0 Å². The molecular formula is C15H17NO3. The van der Waals surface area contributed by atoms with E-state index in [9.17, 15) is 4.79 Å². The third-order valence-corrected chi connectivity index (χ3v) is 3.18. The zero-order valence-electron chi connectivity index (χ0n) is 11.3. The van der Waals surface area contributed by atoms with Gasteiger partial charge in [0.15, 0.2) is 11.5 Å². The van der Waals surface area contributed by atoms with Gasteiger partial charge in [-0.25, -0.2) is 4.79 Å². The average Bonchev–Trinajstić information content (AvgIpc) is 2.87. The van der Waals surface area contributed by atoms with Crippen molar-refractivity contribution in [3.05, 3.63) is 41.1 Å². The van der Waals surface area contributed by atoms with Crippen molar-refractivity contribution in [3.63, 3.8) is 0 Å². The van der Waals surface area contributed by atoms with Gasteiger partial charge < -0.3 is 9.63 Å². The molecule has 0 amide bonds. The molecule has 1 N–H and O–H groups in total. The zero-order valence-corrected chi connectivity index (χ0v) is 11.3. The molecule has 0 spiro atoms. The predicted octanol–water partition coefficient (Wildman–Crippen LogP) is 3.73. The maximum absolute atomic E-state index is 10.9. The molecule has 100 valence electrons. The number of carbonyl (C=O) groups is 1. The number of rotatable bonds is 4. The molecule has 1 aromatic heterocycles. The lowest BCUT2D eigenvalue weighted by Gasteiger charge is -2.10. The van der Waals surface area contributed by atoms with Crippen LogP contribution in [0.3, 0.4) is 0 Å². The Morgan fingerprint density at radius 3 is 2.63 bits per heavy atom. The van der Waals surface area contributed by atoms with Gasteiger partial charge in [-0.15, -0.1) is 0 Å². The molecule has 2 rings (SSSR count). The van der Waals surface area contributed by atoms with E-state index in [1.165, 1.54) is 11.6 Å². The van der Waals surface area contributed by atoms with Crippen LogP contribution < -0.4 is 0 Å². The molecule has 4 nitrogen and oxygen atoms in total. The van der Waals surface area contributed by atoms with E-state index in [0.29, 0.717) is 11.7 Å². The molecular weight excluding hydrogens is 242 g/mol.